The SMILES string of the molecule is CCCCCCCC1(CCCCCCCC=CC(=O)N2C(=S)OC(c3ccccc3)(c3ccccc3)[C@@H]2C(C)C)OCCO1. The van der Waals surface area contributed by atoms with Gasteiger partial charge in [0.25, 0.3) is 11.1 Å². The molecule has 2 aromatic carbocycles. The summed E-state index contributed by atoms with van der Waals surface area (Å²) in [6.45, 7) is 7.97. The first-order valence-electron chi connectivity index (χ1n) is 17.1. The van der Waals surface area contributed by atoms with Crippen molar-refractivity contribution in [3.63, 3.8) is 0 Å². The van der Waals surface area contributed by atoms with E-state index in [1.807, 2.05) is 42.5 Å². The molecule has 2 saturated heterocycles. The fraction of sp³-hybridized carbons (Fsp3) is 0.579. The molecular formula is C38H53NO4S. The van der Waals surface area contributed by atoms with Gasteiger partial charge < -0.3 is 14.2 Å². The van der Waals surface area contributed by atoms with Crippen molar-refractivity contribution in [1.29, 1.82) is 0 Å². The Morgan fingerprint density at radius 2 is 1.36 bits per heavy atom. The maximum absolute atomic E-state index is 13.6. The normalized spacial score (nSPS) is 19.2. The van der Waals surface area contributed by atoms with Gasteiger partial charge in [0.15, 0.2) is 11.4 Å². The number of nitrogens with zero attached hydrogens (tertiary/aromatic N) is 1. The topological polar surface area (TPSA) is 48.0 Å². The Bertz CT molecular complexity index is 1140. The van der Waals surface area contributed by atoms with Gasteiger partial charge in [-0.1, -0.05) is 132 Å². The molecular weight excluding hydrogens is 566 g/mol. The van der Waals surface area contributed by atoms with Crippen LogP contribution in [0.2, 0.25) is 0 Å². The van der Waals surface area contributed by atoms with E-state index in [-0.39, 0.29) is 28.8 Å². The lowest BCUT2D eigenvalue weighted by Gasteiger charge is -2.37. The molecule has 1 atom stereocenters. The van der Waals surface area contributed by atoms with E-state index in [9.17, 15) is 4.79 Å². The van der Waals surface area contributed by atoms with E-state index in [0.29, 0.717) is 0 Å². The Balaban J connectivity index is 1.26. The van der Waals surface area contributed by atoms with Crippen LogP contribution in [0.1, 0.15) is 115 Å². The lowest BCUT2D eigenvalue weighted by atomic mass is 9.75. The summed E-state index contributed by atoms with van der Waals surface area (Å²) in [6.07, 6.45) is 18.7. The van der Waals surface area contributed by atoms with Gasteiger partial charge in [-0.2, -0.15) is 0 Å². The molecule has 2 aliphatic rings. The van der Waals surface area contributed by atoms with Crippen LogP contribution < -0.4 is 0 Å². The van der Waals surface area contributed by atoms with Crippen molar-refractivity contribution in [3.8, 4) is 0 Å². The third kappa shape index (κ3) is 8.58. The summed E-state index contributed by atoms with van der Waals surface area (Å²) in [5.41, 5.74) is 1.13. The number of benzene rings is 2. The molecule has 6 heteroatoms. The highest BCUT2D eigenvalue weighted by Crippen LogP contribution is 2.47. The molecule has 0 radical (unpaired) electrons. The predicted octanol–water partition coefficient (Wildman–Crippen LogP) is 9.49. The molecule has 0 unspecified atom stereocenters. The Hall–Kier alpha value is -2.54. The van der Waals surface area contributed by atoms with E-state index in [2.05, 4.69) is 45.0 Å². The number of hydrogen-bond acceptors (Lipinski definition) is 5. The lowest BCUT2D eigenvalue weighted by molar-refractivity contribution is -0.168. The van der Waals surface area contributed by atoms with Gasteiger partial charge >= 0.3 is 0 Å². The summed E-state index contributed by atoms with van der Waals surface area (Å²) >= 11 is 5.74. The zero-order valence-corrected chi connectivity index (χ0v) is 28.0. The number of ether oxygens (including phenoxy) is 3. The smallest absolute Gasteiger partial charge is 0.268 e. The number of unbranched alkanes of at least 4 members (excludes halogenated alkanes) is 9. The zero-order valence-electron chi connectivity index (χ0n) is 27.2. The standard InChI is InChI=1S/C38H53NO4S/c1-4-5-6-11-20-27-37(41-29-30-42-37)28-21-12-9-7-8-10-19-26-34(40)39-35(31(2)3)38(43-36(39)44,32-22-15-13-16-23-32)33-24-17-14-18-25-33/h13-19,22-26,31,35H,4-12,20-21,27-30H2,1-3H3/t35-/m0/s1. The molecule has 2 aliphatic heterocycles. The van der Waals surface area contributed by atoms with Crippen LogP contribution in [0.5, 0.6) is 0 Å². The molecule has 0 aliphatic carbocycles. The second-order valence-electron chi connectivity index (χ2n) is 12.7. The lowest BCUT2D eigenvalue weighted by Crippen LogP contribution is -2.49. The Kier molecular flexibility index (Phi) is 13.4. The van der Waals surface area contributed by atoms with Gasteiger partial charge in [0.2, 0.25) is 0 Å². The number of carbonyl (C=O) groups excluding carboxylic acids is 1. The Morgan fingerprint density at radius 1 is 0.841 bits per heavy atom. The van der Waals surface area contributed by atoms with Gasteiger partial charge in [0.1, 0.15) is 0 Å². The molecule has 44 heavy (non-hydrogen) atoms. The van der Waals surface area contributed by atoms with E-state index in [0.717, 1.165) is 62.9 Å². The summed E-state index contributed by atoms with van der Waals surface area (Å²) < 4.78 is 18.7. The molecule has 2 fully saturated rings. The number of rotatable bonds is 18. The average Bonchev–Trinajstić information content (AvgIpc) is 3.64. The van der Waals surface area contributed by atoms with Crippen LogP contribution in [0.3, 0.4) is 0 Å². The summed E-state index contributed by atoms with van der Waals surface area (Å²) in [5.74, 6) is -0.339. The summed E-state index contributed by atoms with van der Waals surface area (Å²) in [6, 6.07) is 20.0. The largest absolute Gasteiger partial charge is 0.452 e. The number of amides is 1. The van der Waals surface area contributed by atoms with Gasteiger partial charge in [-0.05, 0) is 49.9 Å². The van der Waals surface area contributed by atoms with Crippen molar-refractivity contribution >= 4 is 23.3 Å². The maximum atomic E-state index is 13.6. The fourth-order valence-electron chi connectivity index (χ4n) is 6.89. The monoisotopic (exact) mass is 619 g/mol. The minimum absolute atomic E-state index is 0.105. The van der Waals surface area contributed by atoms with Crippen molar-refractivity contribution < 1.29 is 19.0 Å². The Labute approximate surface area is 271 Å². The number of carbonyl (C=O) groups is 1. The van der Waals surface area contributed by atoms with Crippen molar-refractivity contribution in [2.75, 3.05) is 13.2 Å². The van der Waals surface area contributed by atoms with Gasteiger partial charge in [0.05, 0.1) is 19.3 Å². The van der Waals surface area contributed by atoms with Gasteiger partial charge in [0, 0.05) is 24.0 Å². The first-order chi connectivity index (χ1) is 21.4. The first-order valence-corrected chi connectivity index (χ1v) is 17.5. The van der Waals surface area contributed by atoms with E-state index in [4.69, 9.17) is 26.4 Å². The van der Waals surface area contributed by atoms with Crippen LogP contribution in [-0.4, -0.2) is 41.0 Å². The number of hydrogen-bond donors (Lipinski definition) is 0. The molecule has 240 valence electrons. The zero-order chi connectivity index (χ0) is 31.3. The van der Waals surface area contributed by atoms with Crippen molar-refractivity contribution in [1.82, 2.24) is 4.90 Å². The van der Waals surface area contributed by atoms with E-state index >= 15 is 0 Å². The van der Waals surface area contributed by atoms with Crippen LogP contribution in [0.25, 0.3) is 0 Å². The highest BCUT2D eigenvalue weighted by molar-refractivity contribution is 7.80. The molecule has 0 spiro atoms. The predicted molar refractivity (Wildman–Crippen MR) is 182 cm³/mol. The highest BCUT2D eigenvalue weighted by Gasteiger charge is 2.57. The molecule has 4 rings (SSSR count). The molecule has 1 amide bonds. The third-order valence-corrected chi connectivity index (χ3v) is 9.36. The van der Waals surface area contributed by atoms with Crippen molar-refractivity contribution in [3.05, 3.63) is 83.9 Å². The molecule has 0 N–H and O–H groups in total. The molecule has 0 aromatic heterocycles. The van der Waals surface area contributed by atoms with Crippen molar-refractivity contribution in [2.24, 2.45) is 5.92 Å². The second kappa shape index (κ2) is 17.2. The maximum Gasteiger partial charge on any atom is 0.268 e. The van der Waals surface area contributed by atoms with Crippen LogP contribution in [-0.2, 0) is 24.6 Å². The second-order valence-corrected chi connectivity index (χ2v) is 13.1. The summed E-state index contributed by atoms with van der Waals surface area (Å²) in [7, 11) is 0. The fourth-order valence-corrected chi connectivity index (χ4v) is 7.23. The molecule has 0 bridgehead atoms. The van der Waals surface area contributed by atoms with Crippen LogP contribution in [0.4, 0.5) is 0 Å². The minimum Gasteiger partial charge on any atom is -0.452 e. The van der Waals surface area contributed by atoms with E-state index in [1.165, 1.54) is 44.9 Å². The molecule has 5 nitrogen and oxygen atoms in total. The highest BCUT2D eigenvalue weighted by atomic mass is 32.1. The minimum atomic E-state index is -0.862. The average molecular weight is 620 g/mol. The quantitative estimate of drug-likeness (QED) is 0.0945. The van der Waals surface area contributed by atoms with E-state index < -0.39 is 5.60 Å². The molecule has 0 saturated carbocycles. The number of allylic oxidation sites excluding steroid dienone is 1. The molecule has 2 aromatic rings. The van der Waals surface area contributed by atoms with Gasteiger partial charge in [-0.15, -0.1) is 0 Å². The first kappa shape index (κ1) is 34.3. The number of thiocarbonyl (C=S) groups is 1. The van der Waals surface area contributed by atoms with Crippen LogP contribution in [0.15, 0.2) is 72.8 Å². The molecule has 2 heterocycles. The van der Waals surface area contributed by atoms with Crippen LogP contribution in [0, 0.1) is 5.92 Å². The van der Waals surface area contributed by atoms with Crippen molar-refractivity contribution in [2.45, 2.75) is 122 Å². The summed E-state index contributed by atoms with van der Waals surface area (Å²) in [4.78, 5) is 15.3. The van der Waals surface area contributed by atoms with E-state index in [1.54, 1.807) is 11.0 Å². The van der Waals surface area contributed by atoms with Gasteiger partial charge in [-0.3, -0.25) is 9.69 Å². The van der Waals surface area contributed by atoms with Gasteiger partial charge in [-0.25, -0.2) is 0 Å². The third-order valence-electron chi connectivity index (χ3n) is 9.08. The Morgan fingerprint density at radius 3 is 1.91 bits per heavy atom. The van der Waals surface area contributed by atoms with Crippen LogP contribution >= 0.6 is 12.2 Å². The summed E-state index contributed by atoms with van der Waals surface area (Å²) in [5, 5.41) is 0.236.